The van der Waals surface area contributed by atoms with Gasteiger partial charge in [0.1, 0.15) is 11.6 Å². The first kappa shape index (κ1) is 17.0. The number of benzene rings is 2. The molecule has 130 valence electrons. The van der Waals surface area contributed by atoms with E-state index in [2.05, 4.69) is 20.8 Å². The summed E-state index contributed by atoms with van der Waals surface area (Å²) >= 11 is 0. The van der Waals surface area contributed by atoms with Crippen molar-refractivity contribution < 1.29 is 14.3 Å². The molecule has 2 amide bonds. The Bertz CT molecular complexity index is 939. The van der Waals surface area contributed by atoms with E-state index in [4.69, 9.17) is 10.00 Å². The molecule has 0 radical (unpaired) electrons. The van der Waals surface area contributed by atoms with Crippen LogP contribution in [0.25, 0.3) is 11.0 Å². The third-order valence-electron chi connectivity index (χ3n) is 3.46. The van der Waals surface area contributed by atoms with Crippen molar-refractivity contribution in [2.24, 2.45) is 0 Å². The molecular formula is C18H15N5O3. The maximum absolute atomic E-state index is 11.9. The van der Waals surface area contributed by atoms with Crippen LogP contribution in [-0.4, -0.2) is 28.4 Å². The van der Waals surface area contributed by atoms with E-state index in [1.54, 1.807) is 24.3 Å². The van der Waals surface area contributed by atoms with Gasteiger partial charge in [0.2, 0.25) is 5.91 Å². The summed E-state index contributed by atoms with van der Waals surface area (Å²) < 4.78 is 5.27. The number of carbonyl (C=O) groups is 2. The molecule has 2 aromatic carbocycles. The minimum atomic E-state index is -0.507. The van der Waals surface area contributed by atoms with E-state index >= 15 is 0 Å². The smallest absolute Gasteiger partial charge is 0.276 e. The predicted molar refractivity (Wildman–Crippen MR) is 92.7 cm³/mol. The molecule has 3 N–H and O–H groups in total. The fourth-order valence-corrected chi connectivity index (χ4v) is 2.24. The molecule has 0 aliphatic rings. The fraction of sp³-hybridized carbons (Fsp3) is 0.111. The second-order valence-electron chi connectivity index (χ2n) is 5.40. The van der Waals surface area contributed by atoms with Crippen LogP contribution in [0, 0.1) is 11.3 Å². The van der Waals surface area contributed by atoms with Crippen molar-refractivity contribution in [1.29, 1.82) is 5.26 Å². The van der Waals surface area contributed by atoms with Crippen molar-refractivity contribution in [1.82, 2.24) is 20.8 Å². The lowest BCUT2D eigenvalue weighted by atomic mass is 10.2. The van der Waals surface area contributed by atoms with Gasteiger partial charge in [-0.25, -0.2) is 4.98 Å². The van der Waals surface area contributed by atoms with Gasteiger partial charge in [-0.15, -0.1) is 0 Å². The van der Waals surface area contributed by atoms with Crippen LogP contribution in [0.5, 0.6) is 5.75 Å². The quantitative estimate of drug-likeness (QED) is 0.598. The summed E-state index contributed by atoms with van der Waals surface area (Å²) in [6.45, 7) is -0.267. The number of rotatable bonds is 5. The van der Waals surface area contributed by atoms with Gasteiger partial charge < -0.3 is 9.72 Å². The standard InChI is InChI=1S/C18H15N5O3/c19-10-12-5-7-13(8-6-12)26-11-18(25)23-22-17(24)9-16-20-14-3-1-2-4-15(14)21-16/h1-8H,9,11H2,(H,20,21)(H,22,24)(H,23,25). The number of amides is 2. The van der Waals surface area contributed by atoms with Gasteiger partial charge in [-0.2, -0.15) is 5.26 Å². The molecule has 3 aromatic rings. The first-order chi connectivity index (χ1) is 12.6. The topological polar surface area (TPSA) is 120 Å². The Kier molecular flexibility index (Phi) is 5.10. The number of ether oxygens (including phenoxy) is 1. The van der Waals surface area contributed by atoms with Crippen molar-refractivity contribution in [2.45, 2.75) is 6.42 Å². The van der Waals surface area contributed by atoms with Crippen molar-refractivity contribution in [3.63, 3.8) is 0 Å². The highest BCUT2D eigenvalue weighted by atomic mass is 16.5. The van der Waals surface area contributed by atoms with Gasteiger partial charge in [0.15, 0.2) is 6.61 Å². The summed E-state index contributed by atoms with van der Waals surface area (Å²) in [6.07, 6.45) is 0.00540. The number of fused-ring (bicyclic) bond motifs is 1. The fourth-order valence-electron chi connectivity index (χ4n) is 2.24. The Labute approximate surface area is 148 Å². The number of hydrogen-bond acceptors (Lipinski definition) is 5. The molecule has 3 rings (SSSR count). The van der Waals surface area contributed by atoms with E-state index in [9.17, 15) is 9.59 Å². The third kappa shape index (κ3) is 4.36. The third-order valence-corrected chi connectivity index (χ3v) is 3.46. The Morgan fingerprint density at radius 3 is 2.54 bits per heavy atom. The predicted octanol–water partition coefficient (Wildman–Crippen LogP) is 1.20. The van der Waals surface area contributed by atoms with Crippen LogP contribution < -0.4 is 15.6 Å². The number of H-pyrrole nitrogens is 1. The van der Waals surface area contributed by atoms with E-state index in [-0.39, 0.29) is 13.0 Å². The Morgan fingerprint density at radius 2 is 1.81 bits per heavy atom. The van der Waals surface area contributed by atoms with Gasteiger partial charge in [0, 0.05) is 0 Å². The monoisotopic (exact) mass is 349 g/mol. The molecule has 0 spiro atoms. The molecule has 1 heterocycles. The summed E-state index contributed by atoms with van der Waals surface area (Å²) in [6, 6.07) is 15.8. The van der Waals surface area contributed by atoms with E-state index in [1.165, 1.54) is 0 Å². The molecule has 0 saturated carbocycles. The number of aromatic amines is 1. The zero-order chi connectivity index (χ0) is 18.4. The van der Waals surface area contributed by atoms with Gasteiger partial charge in [0.05, 0.1) is 29.1 Å². The Hall–Kier alpha value is -3.86. The van der Waals surface area contributed by atoms with Crippen LogP contribution in [0.1, 0.15) is 11.4 Å². The number of nitrogens with zero attached hydrogens (tertiary/aromatic N) is 2. The molecular weight excluding hydrogens is 334 g/mol. The van der Waals surface area contributed by atoms with Gasteiger partial charge >= 0.3 is 0 Å². The lowest BCUT2D eigenvalue weighted by Crippen LogP contribution is -2.44. The highest BCUT2D eigenvalue weighted by molar-refractivity contribution is 5.84. The molecule has 8 nitrogen and oxygen atoms in total. The van der Waals surface area contributed by atoms with Crippen LogP contribution in [-0.2, 0) is 16.0 Å². The number of hydrogen-bond donors (Lipinski definition) is 3. The highest BCUT2D eigenvalue weighted by Gasteiger charge is 2.09. The summed E-state index contributed by atoms with van der Waals surface area (Å²) in [4.78, 5) is 30.9. The average Bonchev–Trinajstić information content (AvgIpc) is 3.07. The molecule has 0 aliphatic carbocycles. The molecule has 1 aromatic heterocycles. The molecule has 8 heteroatoms. The van der Waals surface area contributed by atoms with Crippen LogP contribution in [0.15, 0.2) is 48.5 Å². The summed E-state index contributed by atoms with van der Waals surface area (Å²) in [7, 11) is 0. The summed E-state index contributed by atoms with van der Waals surface area (Å²) in [5.74, 6) is 0.0441. The van der Waals surface area contributed by atoms with Gasteiger partial charge in [-0.1, -0.05) is 12.1 Å². The average molecular weight is 349 g/mol. The van der Waals surface area contributed by atoms with Gasteiger partial charge in [0.25, 0.3) is 5.91 Å². The van der Waals surface area contributed by atoms with Crippen LogP contribution in [0.3, 0.4) is 0 Å². The first-order valence-corrected chi connectivity index (χ1v) is 7.78. The zero-order valence-corrected chi connectivity index (χ0v) is 13.7. The number of nitrogens with one attached hydrogen (secondary N) is 3. The molecule has 0 unspecified atom stereocenters. The maximum atomic E-state index is 11.9. The number of para-hydroxylation sites is 2. The van der Waals surface area contributed by atoms with Crippen molar-refractivity contribution in [2.75, 3.05) is 6.61 Å². The lowest BCUT2D eigenvalue weighted by Gasteiger charge is -2.08. The number of imidazole rings is 1. The van der Waals surface area contributed by atoms with Crippen molar-refractivity contribution >= 4 is 22.8 Å². The number of carbonyl (C=O) groups excluding carboxylic acids is 2. The molecule has 0 bridgehead atoms. The normalized spacial score (nSPS) is 10.1. The first-order valence-electron chi connectivity index (χ1n) is 7.78. The number of hydrazine groups is 1. The SMILES string of the molecule is N#Cc1ccc(OCC(=O)NNC(=O)Cc2nc3ccccc3[nH]2)cc1. The van der Waals surface area contributed by atoms with Crippen LogP contribution >= 0.6 is 0 Å². The minimum Gasteiger partial charge on any atom is -0.484 e. The summed E-state index contributed by atoms with van der Waals surface area (Å²) in [5.41, 5.74) is 6.70. The molecule has 26 heavy (non-hydrogen) atoms. The van der Waals surface area contributed by atoms with E-state index < -0.39 is 11.8 Å². The number of nitriles is 1. The van der Waals surface area contributed by atoms with E-state index in [1.807, 2.05) is 30.3 Å². The van der Waals surface area contributed by atoms with Gasteiger partial charge in [-0.3, -0.25) is 20.4 Å². The van der Waals surface area contributed by atoms with E-state index in [0.717, 1.165) is 11.0 Å². The highest BCUT2D eigenvalue weighted by Crippen LogP contribution is 2.11. The van der Waals surface area contributed by atoms with E-state index in [0.29, 0.717) is 17.1 Å². The van der Waals surface area contributed by atoms with Crippen molar-refractivity contribution in [3.8, 4) is 11.8 Å². The number of aromatic nitrogens is 2. The van der Waals surface area contributed by atoms with Crippen molar-refractivity contribution in [3.05, 3.63) is 59.9 Å². The second-order valence-corrected chi connectivity index (χ2v) is 5.40. The lowest BCUT2D eigenvalue weighted by molar-refractivity contribution is -0.129. The largest absolute Gasteiger partial charge is 0.484 e. The van der Waals surface area contributed by atoms with Crippen LogP contribution in [0.2, 0.25) is 0 Å². The molecule has 0 atom stereocenters. The second kappa shape index (κ2) is 7.81. The van der Waals surface area contributed by atoms with Crippen LogP contribution in [0.4, 0.5) is 0 Å². The molecule has 0 aliphatic heterocycles. The minimum absolute atomic E-state index is 0.00540. The maximum Gasteiger partial charge on any atom is 0.276 e. The molecule has 0 saturated heterocycles. The van der Waals surface area contributed by atoms with Gasteiger partial charge in [-0.05, 0) is 36.4 Å². The summed E-state index contributed by atoms with van der Waals surface area (Å²) in [5, 5.41) is 8.71. The zero-order valence-electron chi connectivity index (χ0n) is 13.7. The Morgan fingerprint density at radius 1 is 1.08 bits per heavy atom. The Balaban J connectivity index is 1.43. The molecule has 0 fully saturated rings.